The van der Waals surface area contributed by atoms with E-state index in [-0.39, 0.29) is 0 Å². The summed E-state index contributed by atoms with van der Waals surface area (Å²) in [5.74, 6) is 1.16. The number of aromatic nitrogens is 2. The lowest BCUT2D eigenvalue weighted by Crippen LogP contribution is -2.26. The zero-order chi connectivity index (χ0) is 44.4. The lowest BCUT2D eigenvalue weighted by atomic mass is 9.70. The summed E-state index contributed by atoms with van der Waals surface area (Å²) in [6.07, 6.45) is 0. The quantitative estimate of drug-likeness (QED) is 0.166. The largest absolute Gasteiger partial charge is 0.440 e. The molecule has 0 fully saturated rings. The fourth-order valence-corrected chi connectivity index (χ4v) is 11.5. The molecule has 0 radical (unpaired) electrons. The van der Waals surface area contributed by atoms with Gasteiger partial charge >= 0.3 is 0 Å². The summed E-state index contributed by atoms with van der Waals surface area (Å²) in [7, 11) is 0. The molecule has 2 aliphatic carbocycles. The number of benzene rings is 10. The first-order valence-corrected chi connectivity index (χ1v) is 22.8. The molecule has 0 atom stereocenters. The first kappa shape index (κ1) is 37.6. The minimum absolute atomic E-state index is 0.582. The van der Waals surface area contributed by atoms with Crippen LogP contribution in [0.2, 0.25) is 0 Å². The summed E-state index contributed by atoms with van der Waals surface area (Å²) in [6, 6.07) is 74.2. The van der Waals surface area contributed by atoms with Crippen LogP contribution in [-0.2, 0) is 5.41 Å². The lowest BCUT2D eigenvalue weighted by molar-refractivity contribution is 0.558. The van der Waals surface area contributed by atoms with Crippen LogP contribution in [0.25, 0.3) is 66.0 Å². The number of anilines is 6. The van der Waals surface area contributed by atoms with Crippen molar-refractivity contribution in [3.8, 4) is 22.3 Å². The van der Waals surface area contributed by atoms with E-state index in [0.29, 0.717) is 22.9 Å². The van der Waals surface area contributed by atoms with E-state index in [1.165, 1.54) is 22.3 Å². The van der Waals surface area contributed by atoms with Gasteiger partial charge in [-0.25, -0.2) is 9.97 Å². The SMILES string of the molecule is Cc1nc2c(N(c3ccccc3)c3cccc4ccccc34)cc3c(c2o1)-c1c(cc(N(c2ccccc2)c2cccc4ccccc24)c2nc(C)oc12)C31c2ccccc2-c2ccccc21. The summed E-state index contributed by atoms with van der Waals surface area (Å²) < 4.78 is 14.0. The molecule has 6 heteroatoms. The summed E-state index contributed by atoms with van der Waals surface area (Å²) >= 11 is 0. The third kappa shape index (κ3) is 5.21. The number of nitrogens with zero attached hydrogens (tertiary/aromatic N) is 4. The van der Waals surface area contributed by atoms with Crippen molar-refractivity contribution in [2.45, 2.75) is 19.3 Å². The monoisotopic (exact) mass is 860 g/mol. The van der Waals surface area contributed by atoms with E-state index in [4.69, 9.17) is 18.8 Å². The standard InChI is InChI=1S/C61H40N4O2/c1-37-62-57-53(64(41-23-5-3-6-24-41)51-33-17-21-39-19-9-11-27-43(39)51)35-49-55(59(57)66-37)56-50(61(49)47-31-15-13-29-45(47)46-30-14-16-32-48(46)61)36-54(58-60(56)67-38(2)63-58)65(42-25-7-4-8-26-42)52-34-18-22-40-20-10-12-28-44(40)52/h3-36H,1-2H3. The van der Waals surface area contributed by atoms with Crippen LogP contribution in [0.5, 0.6) is 0 Å². The zero-order valence-corrected chi connectivity index (χ0v) is 36.7. The Morgan fingerprint density at radius 2 is 0.761 bits per heavy atom. The van der Waals surface area contributed by atoms with Gasteiger partial charge in [-0.05, 0) is 92.7 Å². The van der Waals surface area contributed by atoms with Crippen LogP contribution in [0.1, 0.15) is 34.0 Å². The molecule has 316 valence electrons. The average molecular weight is 861 g/mol. The number of para-hydroxylation sites is 2. The van der Waals surface area contributed by atoms with Gasteiger partial charge in [0.05, 0.1) is 28.2 Å². The van der Waals surface area contributed by atoms with Crippen molar-refractivity contribution in [2.75, 3.05) is 9.80 Å². The zero-order valence-electron chi connectivity index (χ0n) is 36.7. The highest BCUT2D eigenvalue weighted by molar-refractivity contribution is 6.16. The van der Waals surface area contributed by atoms with Crippen LogP contribution < -0.4 is 9.80 Å². The van der Waals surface area contributed by atoms with Crippen LogP contribution in [0.15, 0.2) is 215 Å². The molecule has 14 rings (SSSR count). The number of rotatable bonds is 6. The minimum atomic E-state index is -0.812. The van der Waals surface area contributed by atoms with E-state index < -0.39 is 5.41 Å². The first-order chi connectivity index (χ1) is 33.1. The predicted molar refractivity (Wildman–Crippen MR) is 272 cm³/mol. The Labute approximate surface area is 386 Å². The van der Waals surface area contributed by atoms with Gasteiger partial charge in [0.15, 0.2) is 22.9 Å². The van der Waals surface area contributed by atoms with E-state index in [1.54, 1.807) is 0 Å². The van der Waals surface area contributed by atoms with Crippen molar-refractivity contribution in [3.05, 3.63) is 240 Å². The second-order valence-electron chi connectivity index (χ2n) is 17.6. The number of hydrogen-bond donors (Lipinski definition) is 0. The number of oxazole rings is 2. The number of aryl methyl sites for hydroxylation is 2. The van der Waals surface area contributed by atoms with Gasteiger partial charge in [-0.15, -0.1) is 0 Å². The van der Waals surface area contributed by atoms with Gasteiger partial charge in [-0.2, -0.15) is 0 Å². The highest BCUT2D eigenvalue weighted by atomic mass is 16.4. The van der Waals surface area contributed by atoms with E-state index in [9.17, 15) is 0 Å². The average Bonchev–Trinajstić information content (AvgIpc) is 4.12. The minimum Gasteiger partial charge on any atom is -0.440 e. The molecular weight excluding hydrogens is 821 g/mol. The van der Waals surface area contributed by atoms with Crippen molar-refractivity contribution in [1.82, 2.24) is 9.97 Å². The van der Waals surface area contributed by atoms with Crippen LogP contribution in [0.4, 0.5) is 34.1 Å². The van der Waals surface area contributed by atoms with Crippen LogP contribution in [-0.4, -0.2) is 9.97 Å². The van der Waals surface area contributed by atoms with E-state index >= 15 is 0 Å². The summed E-state index contributed by atoms with van der Waals surface area (Å²) in [5, 5.41) is 4.58. The summed E-state index contributed by atoms with van der Waals surface area (Å²) in [6.45, 7) is 3.90. The first-order valence-electron chi connectivity index (χ1n) is 22.8. The van der Waals surface area contributed by atoms with E-state index in [1.807, 2.05) is 13.8 Å². The maximum Gasteiger partial charge on any atom is 0.192 e. The van der Waals surface area contributed by atoms with Gasteiger partial charge in [-0.3, -0.25) is 0 Å². The molecule has 0 saturated heterocycles. The molecule has 0 saturated carbocycles. The highest BCUT2D eigenvalue weighted by Crippen LogP contribution is 2.67. The van der Waals surface area contributed by atoms with E-state index in [2.05, 4.69) is 216 Å². The van der Waals surface area contributed by atoms with Crippen LogP contribution in [0, 0.1) is 13.8 Å². The van der Waals surface area contributed by atoms with Gasteiger partial charge in [0.25, 0.3) is 0 Å². The number of hydrogen-bond acceptors (Lipinski definition) is 6. The van der Waals surface area contributed by atoms with Crippen molar-refractivity contribution in [3.63, 3.8) is 0 Å². The van der Waals surface area contributed by atoms with Crippen molar-refractivity contribution in [2.24, 2.45) is 0 Å². The molecule has 12 aromatic rings. The lowest BCUT2D eigenvalue weighted by Gasteiger charge is -2.33. The van der Waals surface area contributed by atoms with E-state index in [0.717, 1.165) is 89.0 Å². The molecular formula is C61H40N4O2. The molecule has 0 amide bonds. The Hall–Kier alpha value is -8.74. The van der Waals surface area contributed by atoms with Crippen LogP contribution >= 0.6 is 0 Å². The Morgan fingerprint density at radius 3 is 1.22 bits per heavy atom. The molecule has 2 aromatic heterocycles. The molecule has 67 heavy (non-hydrogen) atoms. The topological polar surface area (TPSA) is 58.5 Å². The third-order valence-corrected chi connectivity index (χ3v) is 14.0. The molecule has 10 aromatic carbocycles. The maximum atomic E-state index is 7.01. The van der Waals surface area contributed by atoms with Crippen LogP contribution in [0.3, 0.4) is 0 Å². The Bertz CT molecular complexity index is 3710. The molecule has 2 aliphatic rings. The molecule has 0 bridgehead atoms. The van der Waals surface area contributed by atoms with Gasteiger partial charge in [0.1, 0.15) is 11.0 Å². The second kappa shape index (κ2) is 14.1. The van der Waals surface area contributed by atoms with Gasteiger partial charge in [-0.1, -0.05) is 158 Å². The summed E-state index contributed by atoms with van der Waals surface area (Å²) in [5.41, 5.74) is 17.1. The highest BCUT2D eigenvalue weighted by Gasteiger charge is 2.55. The molecule has 1 spiro atoms. The molecule has 0 aliphatic heterocycles. The smallest absolute Gasteiger partial charge is 0.192 e. The second-order valence-corrected chi connectivity index (χ2v) is 17.6. The molecule has 2 heterocycles. The summed E-state index contributed by atoms with van der Waals surface area (Å²) in [4.78, 5) is 15.3. The van der Waals surface area contributed by atoms with Gasteiger partial charge in [0.2, 0.25) is 0 Å². The third-order valence-electron chi connectivity index (χ3n) is 14.0. The molecule has 0 N–H and O–H groups in total. The fourth-order valence-electron chi connectivity index (χ4n) is 11.5. The molecule has 0 unspecified atom stereocenters. The maximum absolute atomic E-state index is 7.01. The fraction of sp³-hybridized carbons (Fsp3) is 0.0492. The predicted octanol–water partition coefficient (Wildman–Crippen LogP) is 16.2. The number of fused-ring (bicyclic) bond motifs is 16. The van der Waals surface area contributed by atoms with Crippen molar-refractivity contribution in [1.29, 1.82) is 0 Å². The van der Waals surface area contributed by atoms with Crippen molar-refractivity contribution < 1.29 is 8.83 Å². The normalized spacial score (nSPS) is 13.0. The van der Waals surface area contributed by atoms with Gasteiger partial charge < -0.3 is 18.6 Å². The Morgan fingerprint density at radius 1 is 0.373 bits per heavy atom. The van der Waals surface area contributed by atoms with Gasteiger partial charge in [0, 0.05) is 47.1 Å². The Kier molecular flexibility index (Phi) is 7.93. The molecule has 6 nitrogen and oxygen atoms in total. The van der Waals surface area contributed by atoms with Crippen molar-refractivity contribution >= 4 is 77.9 Å². The Balaban J connectivity index is 1.16.